The molecule has 6 heteroatoms. The van der Waals surface area contributed by atoms with Gasteiger partial charge in [0.05, 0.1) is 6.54 Å². The Hall–Kier alpha value is -0.510. The summed E-state index contributed by atoms with van der Waals surface area (Å²) in [6.45, 7) is 0.600. The van der Waals surface area contributed by atoms with E-state index in [2.05, 4.69) is 26.2 Å². The smallest absolute Gasteiger partial charge is 0.183 e. The molecule has 0 saturated carbocycles. The van der Waals surface area contributed by atoms with Crippen LogP contribution < -0.4 is 5.32 Å². The average Bonchev–Trinajstić information content (AvgIpc) is 2.59. The highest BCUT2D eigenvalue weighted by atomic mass is 79.9. The van der Waals surface area contributed by atoms with Crippen LogP contribution in [0.15, 0.2) is 20.9 Å². The highest BCUT2D eigenvalue weighted by molar-refractivity contribution is 9.10. The van der Waals surface area contributed by atoms with Crippen molar-refractivity contribution in [2.45, 2.75) is 6.54 Å². The maximum absolute atomic E-state index is 8.42. The predicted octanol–water partition coefficient (Wildman–Crippen LogP) is 2.80. The molecule has 1 aromatic heterocycles. The zero-order valence-corrected chi connectivity index (χ0v) is 10.7. The summed E-state index contributed by atoms with van der Waals surface area (Å²) in [7, 11) is 0. The van der Waals surface area contributed by atoms with E-state index in [0.29, 0.717) is 11.7 Å². The first-order valence-electron chi connectivity index (χ1n) is 3.73. The first-order chi connectivity index (χ1) is 6.77. The van der Waals surface area contributed by atoms with Gasteiger partial charge in [0.15, 0.2) is 11.4 Å². The minimum atomic E-state index is 0.600. The molecular formula is C8H8BrN3S2. The van der Waals surface area contributed by atoms with Gasteiger partial charge in [0, 0.05) is 9.35 Å². The lowest BCUT2D eigenvalue weighted by Gasteiger charge is -1.98. The molecule has 0 spiro atoms. The summed E-state index contributed by atoms with van der Waals surface area (Å²) in [6.07, 6.45) is 3.74. The van der Waals surface area contributed by atoms with Crippen LogP contribution >= 0.6 is 39.0 Å². The third kappa shape index (κ3) is 3.33. The van der Waals surface area contributed by atoms with Gasteiger partial charge in [-0.3, -0.25) is 10.3 Å². The van der Waals surface area contributed by atoms with E-state index in [9.17, 15) is 0 Å². The highest BCUT2D eigenvalue weighted by Crippen LogP contribution is 2.23. The van der Waals surface area contributed by atoms with Crippen LogP contribution in [0.25, 0.3) is 0 Å². The van der Waals surface area contributed by atoms with Crippen LogP contribution in [-0.4, -0.2) is 11.4 Å². The van der Waals surface area contributed by atoms with Gasteiger partial charge in [-0.2, -0.15) is 5.26 Å². The highest BCUT2D eigenvalue weighted by Gasteiger charge is 2.00. The largest absolute Gasteiger partial charge is 0.272 e. The predicted molar refractivity (Wildman–Crippen MR) is 65.4 cm³/mol. The Labute approximate surface area is 99.4 Å². The number of hydrogen-bond acceptors (Lipinski definition) is 4. The van der Waals surface area contributed by atoms with Gasteiger partial charge in [-0.25, -0.2) is 0 Å². The van der Waals surface area contributed by atoms with E-state index in [1.807, 2.05) is 23.9 Å². The summed E-state index contributed by atoms with van der Waals surface area (Å²) in [6, 6.07) is 1.99. The van der Waals surface area contributed by atoms with Crippen LogP contribution in [0.4, 0.5) is 0 Å². The van der Waals surface area contributed by atoms with Crippen LogP contribution in [0.2, 0.25) is 0 Å². The quantitative estimate of drug-likeness (QED) is 0.394. The number of nitrogens with one attached hydrogen (secondary N) is 1. The Balaban J connectivity index is 2.62. The fraction of sp³-hybridized carbons (Fsp3) is 0.250. The lowest BCUT2D eigenvalue weighted by atomic mass is 10.5. The van der Waals surface area contributed by atoms with Gasteiger partial charge < -0.3 is 0 Å². The van der Waals surface area contributed by atoms with Crippen molar-refractivity contribution in [2.75, 3.05) is 6.26 Å². The second-order valence-electron chi connectivity index (χ2n) is 2.25. The van der Waals surface area contributed by atoms with Crippen molar-refractivity contribution in [1.29, 1.82) is 5.26 Å². The zero-order valence-electron chi connectivity index (χ0n) is 7.45. The van der Waals surface area contributed by atoms with Crippen molar-refractivity contribution in [3.63, 3.8) is 0 Å². The number of thiophene rings is 1. The molecule has 0 unspecified atom stereocenters. The van der Waals surface area contributed by atoms with E-state index in [1.165, 1.54) is 11.8 Å². The summed E-state index contributed by atoms with van der Waals surface area (Å²) in [5.41, 5.74) is 0. The number of halogens is 1. The van der Waals surface area contributed by atoms with E-state index in [4.69, 9.17) is 5.26 Å². The molecule has 0 amide bonds. The van der Waals surface area contributed by atoms with E-state index in [0.717, 1.165) is 9.35 Å². The van der Waals surface area contributed by atoms with E-state index in [1.54, 1.807) is 11.3 Å². The molecule has 1 heterocycles. The molecule has 0 aliphatic rings. The Morgan fingerprint density at radius 1 is 1.86 bits per heavy atom. The molecule has 14 heavy (non-hydrogen) atoms. The van der Waals surface area contributed by atoms with Gasteiger partial charge in [-0.1, -0.05) is 11.8 Å². The molecule has 0 aliphatic heterocycles. The van der Waals surface area contributed by atoms with Gasteiger partial charge in [0.1, 0.15) is 0 Å². The van der Waals surface area contributed by atoms with Crippen molar-refractivity contribution in [3.05, 3.63) is 20.8 Å². The summed E-state index contributed by atoms with van der Waals surface area (Å²) >= 11 is 6.50. The molecule has 1 N–H and O–H groups in total. The standard InChI is InChI=1S/C8H8BrN3S2/c1-13-8(12-5-10)11-4-7-6(9)2-3-14-7/h2-3H,4H2,1H3,(H,11,12). The zero-order chi connectivity index (χ0) is 10.4. The minimum Gasteiger partial charge on any atom is -0.272 e. The second kappa shape index (κ2) is 6.06. The van der Waals surface area contributed by atoms with Crippen molar-refractivity contribution < 1.29 is 0 Å². The summed E-state index contributed by atoms with van der Waals surface area (Å²) in [5.74, 6) is 0. The second-order valence-corrected chi connectivity index (χ2v) is 4.90. The fourth-order valence-electron chi connectivity index (χ4n) is 0.784. The van der Waals surface area contributed by atoms with Crippen molar-refractivity contribution in [2.24, 2.45) is 4.99 Å². The van der Waals surface area contributed by atoms with Crippen LogP contribution in [0.3, 0.4) is 0 Å². The van der Waals surface area contributed by atoms with Gasteiger partial charge in [-0.05, 0) is 33.6 Å². The Morgan fingerprint density at radius 3 is 3.14 bits per heavy atom. The third-order valence-corrected chi connectivity index (χ3v) is 3.94. The molecule has 0 aromatic carbocycles. The molecule has 0 bridgehead atoms. The number of amidine groups is 1. The van der Waals surface area contributed by atoms with Crippen LogP contribution in [0.5, 0.6) is 0 Å². The van der Waals surface area contributed by atoms with Gasteiger partial charge in [0.25, 0.3) is 0 Å². The SMILES string of the molecule is CSC(=NCc1sccc1Br)NC#N. The fourth-order valence-corrected chi connectivity index (χ4v) is 2.53. The molecule has 0 atom stereocenters. The van der Waals surface area contributed by atoms with Gasteiger partial charge in [-0.15, -0.1) is 11.3 Å². The van der Waals surface area contributed by atoms with Gasteiger partial charge >= 0.3 is 0 Å². The normalized spacial score (nSPS) is 11.1. The average molecular weight is 290 g/mol. The van der Waals surface area contributed by atoms with Crippen LogP contribution in [0.1, 0.15) is 4.88 Å². The summed E-state index contributed by atoms with van der Waals surface area (Å²) in [4.78, 5) is 5.42. The number of aliphatic imine (C=N–C) groups is 1. The number of hydrogen-bond donors (Lipinski definition) is 1. The van der Waals surface area contributed by atoms with Crippen molar-refractivity contribution in [1.82, 2.24) is 5.32 Å². The topological polar surface area (TPSA) is 48.2 Å². The Bertz CT molecular complexity index is 367. The van der Waals surface area contributed by atoms with Crippen molar-refractivity contribution >= 4 is 44.2 Å². The number of thioether (sulfide) groups is 1. The maximum atomic E-state index is 8.42. The van der Waals surface area contributed by atoms with Gasteiger partial charge in [0.2, 0.25) is 0 Å². The van der Waals surface area contributed by atoms with Crippen LogP contribution in [-0.2, 0) is 6.54 Å². The summed E-state index contributed by atoms with van der Waals surface area (Å²) in [5, 5.41) is 13.6. The third-order valence-electron chi connectivity index (χ3n) is 1.41. The van der Waals surface area contributed by atoms with E-state index < -0.39 is 0 Å². The molecule has 0 aliphatic carbocycles. The number of nitriles is 1. The minimum absolute atomic E-state index is 0.600. The first-order valence-corrected chi connectivity index (χ1v) is 6.63. The molecule has 1 aromatic rings. The molecule has 3 nitrogen and oxygen atoms in total. The summed E-state index contributed by atoms with van der Waals surface area (Å²) < 4.78 is 1.07. The monoisotopic (exact) mass is 289 g/mol. The molecule has 0 radical (unpaired) electrons. The maximum Gasteiger partial charge on any atom is 0.183 e. The molecular weight excluding hydrogens is 282 g/mol. The lowest BCUT2D eigenvalue weighted by molar-refractivity contribution is 1.08. The first kappa shape index (κ1) is 11.6. The molecule has 0 fully saturated rings. The van der Waals surface area contributed by atoms with Crippen molar-refractivity contribution in [3.8, 4) is 6.19 Å². The van der Waals surface area contributed by atoms with E-state index >= 15 is 0 Å². The number of nitrogens with zero attached hydrogens (tertiary/aromatic N) is 2. The Morgan fingerprint density at radius 2 is 2.64 bits per heavy atom. The lowest BCUT2D eigenvalue weighted by Crippen LogP contribution is -2.13. The van der Waals surface area contributed by atoms with E-state index in [-0.39, 0.29) is 0 Å². The molecule has 0 saturated heterocycles. The molecule has 74 valence electrons. The molecule has 1 rings (SSSR count). The van der Waals surface area contributed by atoms with Crippen LogP contribution in [0, 0.1) is 11.5 Å². The number of rotatable bonds is 2. The Kier molecular flexibility index (Phi) is 5.01.